The van der Waals surface area contributed by atoms with Gasteiger partial charge in [0.25, 0.3) is 5.91 Å². The van der Waals surface area contributed by atoms with Crippen LogP contribution in [0.1, 0.15) is 72.1 Å². The molecule has 2 saturated carbocycles. The lowest BCUT2D eigenvalue weighted by Gasteiger charge is -2.35. The van der Waals surface area contributed by atoms with Crippen LogP contribution >= 0.6 is 0 Å². The highest BCUT2D eigenvalue weighted by atomic mass is 19.1. The van der Waals surface area contributed by atoms with Crippen LogP contribution in [-0.2, 0) is 16.1 Å². The fraction of sp³-hybridized carbons (Fsp3) is 0.387. The number of carbonyl (C=O) groups excluding carboxylic acids is 3. The zero-order valence-electron chi connectivity index (χ0n) is 22.9. The summed E-state index contributed by atoms with van der Waals surface area (Å²) in [4.78, 5) is 45.8. The van der Waals surface area contributed by atoms with Crippen molar-refractivity contribution in [2.75, 3.05) is 11.9 Å². The van der Waals surface area contributed by atoms with Gasteiger partial charge in [-0.1, -0.05) is 0 Å². The lowest BCUT2D eigenvalue weighted by molar-refractivity contribution is -0.136. The number of fused-ring (bicyclic) bond motifs is 2. The summed E-state index contributed by atoms with van der Waals surface area (Å²) in [5, 5.41) is 11.7. The number of nitrogens with one attached hydrogen (secondary N) is 3. The molecule has 42 heavy (non-hydrogen) atoms. The lowest BCUT2D eigenvalue weighted by atomic mass is 9.80. The molecule has 2 aliphatic carbocycles. The smallest absolute Gasteiger partial charge is 0.255 e. The number of H-pyrrole nitrogens is 1. The molecule has 4 aromatic rings. The van der Waals surface area contributed by atoms with Crippen molar-refractivity contribution < 1.29 is 18.8 Å². The number of hydrogen-bond acceptors (Lipinski definition) is 6. The minimum atomic E-state index is -0.609. The molecule has 3 N–H and O–H groups in total. The fourth-order valence-corrected chi connectivity index (χ4v) is 6.70. The molecule has 214 valence electrons. The molecule has 1 aromatic carbocycles. The Morgan fingerprint density at radius 2 is 1.93 bits per heavy atom. The molecule has 3 aromatic heterocycles. The van der Waals surface area contributed by atoms with Crippen LogP contribution in [0, 0.1) is 11.7 Å². The summed E-state index contributed by atoms with van der Waals surface area (Å²) in [7, 11) is 0. The largest absolute Gasteiger partial charge is 0.385 e. The molecular weight excluding hydrogens is 537 g/mol. The Morgan fingerprint density at radius 1 is 1.07 bits per heavy atom. The van der Waals surface area contributed by atoms with Gasteiger partial charge in [-0.25, -0.2) is 4.39 Å². The molecule has 3 amide bonds. The highest BCUT2D eigenvalue weighted by Gasteiger charge is 2.39. The molecule has 8 rings (SSSR count). The van der Waals surface area contributed by atoms with Gasteiger partial charge in [-0.3, -0.25) is 29.4 Å². The standard InChI is InChI=1S/C31H30FN7O3/c32-24-13-35-28(22-7-8-33-29(22)24)23-15-39(37-27(23)17-1-2-17)20-9-16(10-20)12-34-19-3-4-21-18(11-19)14-38(31(21)42)25-5-6-26(40)36-30(25)41/h3-4,7-8,11,13,15-17,20,25,33-34H,1-2,5-6,9-10,12,14H2,(H,36,40,41)/t16-,20-,25?. The topological polar surface area (TPSA) is 125 Å². The number of pyridine rings is 1. The van der Waals surface area contributed by atoms with Crippen LogP contribution in [0.2, 0.25) is 0 Å². The van der Waals surface area contributed by atoms with Crippen LogP contribution in [0.3, 0.4) is 0 Å². The van der Waals surface area contributed by atoms with Crippen LogP contribution in [-0.4, -0.2) is 55.0 Å². The van der Waals surface area contributed by atoms with E-state index in [1.165, 1.54) is 6.20 Å². The summed E-state index contributed by atoms with van der Waals surface area (Å²) in [6, 6.07) is 7.31. The van der Waals surface area contributed by atoms with Crippen LogP contribution in [0.25, 0.3) is 22.2 Å². The lowest BCUT2D eigenvalue weighted by Crippen LogP contribution is -2.52. The van der Waals surface area contributed by atoms with E-state index in [1.807, 2.05) is 24.3 Å². The van der Waals surface area contributed by atoms with Crippen LogP contribution in [0.15, 0.2) is 42.9 Å². The monoisotopic (exact) mass is 567 g/mol. The first-order valence-electron chi connectivity index (χ1n) is 14.7. The van der Waals surface area contributed by atoms with Gasteiger partial charge in [-0.2, -0.15) is 5.10 Å². The molecule has 1 atom stereocenters. The third-order valence-corrected chi connectivity index (χ3v) is 9.23. The van der Waals surface area contributed by atoms with Crippen molar-refractivity contribution in [2.24, 2.45) is 5.92 Å². The average Bonchev–Trinajstić information content (AvgIpc) is 3.36. The number of anilines is 1. The Bertz CT molecular complexity index is 1770. The van der Waals surface area contributed by atoms with Gasteiger partial charge in [0.05, 0.1) is 29.1 Å². The number of rotatable bonds is 7. The number of carbonyl (C=O) groups is 3. The van der Waals surface area contributed by atoms with Crippen molar-refractivity contribution in [3.05, 3.63) is 65.5 Å². The normalized spacial score (nSPS) is 23.7. The summed E-state index contributed by atoms with van der Waals surface area (Å²) in [5.41, 5.74) is 5.78. The average molecular weight is 568 g/mol. The number of benzene rings is 1. The zero-order valence-corrected chi connectivity index (χ0v) is 22.9. The number of amides is 3. The van der Waals surface area contributed by atoms with Gasteiger partial charge in [0, 0.05) is 60.0 Å². The molecule has 10 nitrogen and oxygen atoms in total. The Labute approximate surface area is 240 Å². The molecule has 3 fully saturated rings. The van der Waals surface area contributed by atoms with Crippen molar-refractivity contribution in [3.63, 3.8) is 0 Å². The van der Waals surface area contributed by atoms with E-state index in [9.17, 15) is 18.8 Å². The van der Waals surface area contributed by atoms with E-state index in [-0.39, 0.29) is 24.1 Å². The summed E-state index contributed by atoms with van der Waals surface area (Å²) in [6.07, 6.45) is 9.98. The number of piperidine rings is 1. The number of halogens is 1. The van der Waals surface area contributed by atoms with E-state index >= 15 is 0 Å². The number of nitrogens with zero attached hydrogens (tertiary/aromatic N) is 4. The second kappa shape index (κ2) is 9.50. The van der Waals surface area contributed by atoms with Gasteiger partial charge in [0.15, 0.2) is 5.82 Å². The third kappa shape index (κ3) is 4.17. The molecule has 5 heterocycles. The predicted octanol–water partition coefficient (Wildman–Crippen LogP) is 4.27. The summed E-state index contributed by atoms with van der Waals surface area (Å²) >= 11 is 0. The second-order valence-corrected chi connectivity index (χ2v) is 12.0. The fourth-order valence-electron chi connectivity index (χ4n) is 6.70. The van der Waals surface area contributed by atoms with E-state index in [0.29, 0.717) is 41.9 Å². The van der Waals surface area contributed by atoms with Crippen LogP contribution < -0.4 is 10.6 Å². The number of aromatic amines is 1. The molecule has 1 unspecified atom stereocenters. The maximum absolute atomic E-state index is 14.3. The Kier molecular flexibility index (Phi) is 5.70. The minimum Gasteiger partial charge on any atom is -0.385 e. The van der Waals surface area contributed by atoms with Crippen molar-refractivity contribution in [3.8, 4) is 11.3 Å². The zero-order chi connectivity index (χ0) is 28.5. The number of hydrogen-bond donors (Lipinski definition) is 3. The Hall–Kier alpha value is -4.54. The molecule has 2 aliphatic heterocycles. The van der Waals surface area contributed by atoms with E-state index in [1.54, 1.807) is 11.1 Å². The van der Waals surface area contributed by atoms with Crippen LogP contribution in [0.4, 0.5) is 10.1 Å². The minimum absolute atomic E-state index is 0.162. The van der Waals surface area contributed by atoms with Crippen molar-refractivity contribution >= 4 is 34.3 Å². The molecule has 1 saturated heterocycles. The molecule has 0 radical (unpaired) electrons. The molecule has 11 heteroatoms. The van der Waals surface area contributed by atoms with E-state index < -0.39 is 11.9 Å². The summed E-state index contributed by atoms with van der Waals surface area (Å²) in [5.74, 6) is -0.269. The van der Waals surface area contributed by atoms with E-state index in [2.05, 4.69) is 31.5 Å². The maximum Gasteiger partial charge on any atom is 0.255 e. The van der Waals surface area contributed by atoms with Crippen LogP contribution in [0.5, 0.6) is 0 Å². The van der Waals surface area contributed by atoms with Crippen molar-refractivity contribution in [1.82, 2.24) is 30.0 Å². The van der Waals surface area contributed by atoms with Gasteiger partial charge in [-0.05, 0) is 67.9 Å². The molecule has 0 spiro atoms. The van der Waals surface area contributed by atoms with Crippen molar-refractivity contribution in [2.45, 2.75) is 63.1 Å². The van der Waals surface area contributed by atoms with Gasteiger partial charge in [0.2, 0.25) is 11.8 Å². The quantitative estimate of drug-likeness (QED) is 0.287. The molecular formula is C31H30FN7O3. The van der Waals surface area contributed by atoms with E-state index in [0.717, 1.165) is 65.8 Å². The maximum atomic E-state index is 14.3. The first kappa shape index (κ1) is 25.2. The highest BCUT2D eigenvalue weighted by molar-refractivity contribution is 6.05. The number of aromatic nitrogens is 4. The van der Waals surface area contributed by atoms with Gasteiger partial charge in [-0.15, -0.1) is 0 Å². The first-order chi connectivity index (χ1) is 20.4. The molecule has 4 aliphatic rings. The van der Waals surface area contributed by atoms with Gasteiger partial charge >= 0.3 is 0 Å². The number of imide groups is 1. The van der Waals surface area contributed by atoms with Crippen molar-refractivity contribution in [1.29, 1.82) is 0 Å². The highest BCUT2D eigenvalue weighted by Crippen LogP contribution is 2.46. The summed E-state index contributed by atoms with van der Waals surface area (Å²) in [6.45, 7) is 1.18. The first-order valence-corrected chi connectivity index (χ1v) is 14.7. The SMILES string of the molecule is O=C1CCC(N2Cc3cc(NC[C@H]4C[C@H](n5cc(-c6ncc(F)c7[nH]ccc67)c(C6CC6)n5)C4)ccc3C2=O)C(=O)N1. The van der Waals surface area contributed by atoms with Gasteiger partial charge < -0.3 is 15.2 Å². The van der Waals surface area contributed by atoms with Gasteiger partial charge in [0.1, 0.15) is 6.04 Å². The molecule has 0 bridgehead atoms. The predicted molar refractivity (Wildman–Crippen MR) is 152 cm³/mol. The van der Waals surface area contributed by atoms with E-state index in [4.69, 9.17) is 5.10 Å². The Morgan fingerprint density at radius 3 is 2.74 bits per heavy atom. The Balaban J connectivity index is 0.919. The summed E-state index contributed by atoms with van der Waals surface area (Å²) < 4.78 is 16.4. The second-order valence-electron chi connectivity index (χ2n) is 12.0. The third-order valence-electron chi connectivity index (χ3n) is 9.23.